The summed E-state index contributed by atoms with van der Waals surface area (Å²) in [5, 5.41) is 0. The largest absolute Gasteiger partial charge is 0.378 e. The summed E-state index contributed by atoms with van der Waals surface area (Å²) in [4.78, 5) is 4.68. The van der Waals surface area contributed by atoms with Gasteiger partial charge >= 0.3 is 0 Å². The Kier molecular flexibility index (Phi) is 12.3. The molecule has 0 unspecified atom stereocenters. The van der Waals surface area contributed by atoms with Crippen LogP contribution in [0.25, 0.3) is 0 Å². The predicted molar refractivity (Wildman–Crippen MR) is 155 cm³/mol. The maximum atomic E-state index is 12.9. The number of nitrogens with one attached hydrogen (secondary N) is 2. The molecule has 38 heavy (non-hydrogen) atoms. The molecule has 1 saturated carbocycles. The minimum atomic E-state index is -3.57. The number of nitrogens with zero attached hydrogens (tertiary/aromatic N) is 3. The predicted octanol–water partition coefficient (Wildman–Crippen LogP) is 3.32. The van der Waals surface area contributed by atoms with Crippen LogP contribution in [0.1, 0.15) is 69.8 Å². The van der Waals surface area contributed by atoms with Gasteiger partial charge in [0.2, 0.25) is 10.0 Å². The molecule has 1 saturated heterocycles. The van der Waals surface area contributed by atoms with Crippen molar-refractivity contribution < 1.29 is 16.8 Å². The Labute approximate surface area is 231 Å². The van der Waals surface area contributed by atoms with Crippen molar-refractivity contribution in [2.24, 2.45) is 5.92 Å². The summed E-state index contributed by atoms with van der Waals surface area (Å²) in [6.07, 6.45) is 10.8. The van der Waals surface area contributed by atoms with E-state index in [0.29, 0.717) is 43.4 Å². The smallest absolute Gasteiger partial charge is 0.279 e. The van der Waals surface area contributed by atoms with Crippen molar-refractivity contribution >= 4 is 25.9 Å². The van der Waals surface area contributed by atoms with Gasteiger partial charge in [0, 0.05) is 52.5 Å². The van der Waals surface area contributed by atoms with Crippen molar-refractivity contribution in [2.75, 3.05) is 64.8 Å². The summed E-state index contributed by atoms with van der Waals surface area (Å²) < 4.78 is 58.1. The Hall–Kier alpha value is -1.24. The zero-order valence-electron chi connectivity index (χ0n) is 23.6. The first kappa shape index (κ1) is 31.3. The number of anilines is 1. The Balaban J connectivity index is 1.48. The fourth-order valence-electron chi connectivity index (χ4n) is 5.53. The molecule has 218 valence electrons. The first-order chi connectivity index (χ1) is 18.1. The lowest BCUT2D eigenvalue weighted by atomic mass is 9.89. The third-order valence-electron chi connectivity index (χ3n) is 7.74. The van der Waals surface area contributed by atoms with E-state index >= 15 is 0 Å². The van der Waals surface area contributed by atoms with Gasteiger partial charge in [0.1, 0.15) is 0 Å². The summed E-state index contributed by atoms with van der Waals surface area (Å²) in [6, 6.07) is 5.39. The minimum Gasteiger partial charge on any atom is -0.378 e. The maximum Gasteiger partial charge on any atom is 0.279 e. The Morgan fingerprint density at radius 3 is 2.08 bits per heavy atom. The number of piperidine rings is 1. The Bertz CT molecular complexity index is 1070. The molecule has 0 radical (unpaired) electrons. The number of benzene rings is 1. The topological polar surface area (TPSA) is 102 Å². The van der Waals surface area contributed by atoms with E-state index in [1.54, 1.807) is 10.4 Å². The lowest BCUT2D eigenvalue weighted by Gasteiger charge is -2.30. The van der Waals surface area contributed by atoms with Crippen LogP contribution >= 0.6 is 0 Å². The second kappa shape index (κ2) is 14.9. The number of sulfonamides is 1. The van der Waals surface area contributed by atoms with Crippen LogP contribution in [0.3, 0.4) is 0 Å². The molecular weight excluding hydrogens is 522 g/mol. The molecule has 1 aliphatic heterocycles. The molecule has 0 atom stereocenters. The van der Waals surface area contributed by atoms with Crippen molar-refractivity contribution in [3.05, 3.63) is 23.8 Å². The first-order valence-corrected chi connectivity index (χ1v) is 17.3. The highest BCUT2D eigenvalue weighted by atomic mass is 32.2. The molecule has 1 aliphatic carbocycles. The fourth-order valence-corrected chi connectivity index (χ4v) is 8.15. The lowest BCUT2D eigenvalue weighted by Crippen LogP contribution is -2.44. The van der Waals surface area contributed by atoms with Crippen LogP contribution in [0.4, 0.5) is 5.69 Å². The summed E-state index contributed by atoms with van der Waals surface area (Å²) in [5.74, 6) is 0.670. The lowest BCUT2D eigenvalue weighted by molar-refractivity contribution is 0.197. The monoisotopic (exact) mass is 571 g/mol. The van der Waals surface area contributed by atoms with Gasteiger partial charge < -0.3 is 9.80 Å². The Morgan fingerprint density at radius 1 is 0.868 bits per heavy atom. The average molecular weight is 572 g/mol. The van der Waals surface area contributed by atoms with Crippen LogP contribution in [-0.4, -0.2) is 85.9 Å². The molecule has 0 spiro atoms. The van der Waals surface area contributed by atoms with Crippen molar-refractivity contribution in [3.8, 4) is 0 Å². The molecule has 9 nitrogen and oxygen atoms in total. The number of rotatable bonds is 15. The SMILES string of the molecule is Cc1cc(N(C)C)ccc1S(=O)(=O)NCCCN(CCCNS(=O)(=O)N1CCCCC1)CC1CCCCC1. The van der Waals surface area contributed by atoms with Gasteiger partial charge in [-0.05, 0) is 88.2 Å². The highest BCUT2D eigenvalue weighted by molar-refractivity contribution is 7.89. The third kappa shape index (κ3) is 9.75. The van der Waals surface area contributed by atoms with E-state index in [4.69, 9.17) is 0 Å². The molecule has 1 heterocycles. The van der Waals surface area contributed by atoms with E-state index in [2.05, 4.69) is 14.3 Å². The molecule has 0 bridgehead atoms. The van der Waals surface area contributed by atoms with Crippen molar-refractivity contribution in [1.29, 1.82) is 0 Å². The normalized spacial score (nSPS) is 18.2. The van der Waals surface area contributed by atoms with E-state index in [1.165, 1.54) is 32.1 Å². The second-order valence-electron chi connectivity index (χ2n) is 11.1. The first-order valence-electron chi connectivity index (χ1n) is 14.3. The fraction of sp³-hybridized carbons (Fsp3) is 0.778. The van der Waals surface area contributed by atoms with Gasteiger partial charge in [-0.1, -0.05) is 25.7 Å². The minimum absolute atomic E-state index is 0.322. The van der Waals surface area contributed by atoms with Crippen molar-refractivity contribution in [1.82, 2.24) is 18.6 Å². The van der Waals surface area contributed by atoms with E-state index in [9.17, 15) is 16.8 Å². The van der Waals surface area contributed by atoms with Crippen LogP contribution < -0.4 is 14.3 Å². The van der Waals surface area contributed by atoms with Crippen LogP contribution in [0.15, 0.2) is 23.1 Å². The van der Waals surface area contributed by atoms with Gasteiger partial charge in [0.15, 0.2) is 0 Å². The standard InChI is InChI=1S/C27H49N5O4S2/c1-24-22-26(30(2)3)14-15-27(24)37(33,34)28-16-10-18-31(23-25-12-6-4-7-13-25)19-11-17-29-38(35,36)32-20-8-5-9-21-32/h14-15,22,25,28-29H,4-13,16-21,23H2,1-3H3. The average Bonchev–Trinajstić information content (AvgIpc) is 2.89. The molecule has 2 N–H and O–H groups in total. The van der Waals surface area contributed by atoms with E-state index < -0.39 is 20.2 Å². The summed E-state index contributed by atoms with van der Waals surface area (Å²) in [7, 11) is -3.10. The highest BCUT2D eigenvalue weighted by Crippen LogP contribution is 2.25. The highest BCUT2D eigenvalue weighted by Gasteiger charge is 2.23. The molecule has 3 rings (SSSR count). The van der Waals surface area contributed by atoms with Crippen LogP contribution in [0.5, 0.6) is 0 Å². The second-order valence-corrected chi connectivity index (χ2v) is 14.6. The molecule has 2 fully saturated rings. The van der Waals surface area contributed by atoms with Gasteiger partial charge in [0.25, 0.3) is 10.2 Å². The van der Waals surface area contributed by atoms with Gasteiger partial charge in [0.05, 0.1) is 4.90 Å². The molecule has 11 heteroatoms. The van der Waals surface area contributed by atoms with Gasteiger partial charge in [-0.15, -0.1) is 0 Å². The summed E-state index contributed by atoms with van der Waals surface area (Å²) >= 11 is 0. The molecule has 2 aliphatic rings. The number of hydrogen-bond acceptors (Lipinski definition) is 6. The van der Waals surface area contributed by atoms with E-state index in [-0.39, 0.29) is 0 Å². The zero-order valence-corrected chi connectivity index (χ0v) is 25.3. The number of hydrogen-bond donors (Lipinski definition) is 2. The van der Waals surface area contributed by atoms with Gasteiger partial charge in [-0.25, -0.2) is 17.9 Å². The van der Waals surface area contributed by atoms with Gasteiger partial charge in [-0.2, -0.15) is 12.7 Å². The number of aryl methyl sites for hydroxylation is 1. The molecule has 1 aromatic carbocycles. The zero-order chi connectivity index (χ0) is 27.6. The van der Waals surface area contributed by atoms with E-state index in [0.717, 1.165) is 56.6 Å². The molecular formula is C27H49N5O4S2. The van der Waals surface area contributed by atoms with Crippen molar-refractivity contribution in [3.63, 3.8) is 0 Å². The summed E-state index contributed by atoms with van der Waals surface area (Å²) in [5.41, 5.74) is 1.70. The molecule has 0 aromatic heterocycles. The third-order valence-corrected chi connectivity index (χ3v) is 11.0. The Morgan fingerprint density at radius 2 is 1.47 bits per heavy atom. The van der Waals surface area contributed by atoms with Crippen molar-refractivity contribution in [2.45, 2.75) is 76.0 Å². The molecule has 1 aromatic rings. The van der Waals surface area contributed by atoms with Gasteiger partial charge in [-0.3, -0.25) is 0 Å². The van der Waals surface area contributed by atoms with Crippen LogP contribution in [0.2, 0.25) is 0 Å². The van der Waals surface area contributed by atoms with E-state index in [1.807, 2.05) is 38.1 Å². The van der Waals surface area contributed by atoms with Crippen LogP contribution in [-0.2, 0) is 20.2 Å². The maximum absolute atomic E-state index is 12.9. The quantitative estimate of drug-likeness (QED) is 0.313. The van der Waals surface area contributed by atoms with Crippen LogP contribution in [0, 0.1) is 12.8 Å². The summed E-state index contributed by atoms with van der Waals surface area (Å²) in [6.45, 7) is 6.43. The molecule has 0 amide bonds.